The normalized spacial score (nSPS) is 22.5. The van der Waals surface area contributed by atoms with Crippen LogP contribution in [0.5, 0.6) is 0 Å². The number of ketones is 1. The van der Waals surface area contributed by atoms with Crippen molar-refractivity contribution in [2.24, 2.45) is 10.6 Å². The molecule has 2 aliphatic rings. The average Bonchev–Trinajstić information content (AvgIpc) is 2.45. The van der Waals surface area contributed by atoms with E-state index in [1.54, 1.807) is 6.08 Å². The van der Waals surface area contributed by atoms with E-state index in [9.17, 15) is 9.90 Å². The Hall–Kier alpha value is -1.58. The lowest BCUT2D eigenvalue weighted by molar-refractivity contribution is -0.119. The number of oxime groups is 1. The summed E-state index contributed by atoms with van der Waals surface area (Å²) in [6.07, 6.45) is 8.95. The molecular weight excluding hydrogens is 266 g/mol. The molecule has 1 fully saturated rings. The smallest absolute Gasteiger partial charge is 0.168 e. The number of nitrogens with zero attached hydrogens (tertiary/aromatic N) is 1. The molecule has 0 amide bonds. The summed E-state index contributed by atoms with van der Waals surface area (Å²) in [5, 5.41) is 14.4. The Balaban J connectivity index is 2.22. The molecule has 0 heterocycles. The molecule has 0 unspecified atom stereocenters. The van der Waals surface area contributed by atoms with Crippen LogP contribution in [-0.2, 0) is 9.63 Å². The molecule has 0 aromatic rings. The van der Waals surface area contributed by atoms with Crippen molar-refractivity contribution in [1.29, 1.82) is 0 Å². The fraction of sp³-hybridized carbons (Fsp3) is 0.647. The van der Waals surface area contributed by atoms with E-state index in [0.717, 1.165) is 25.7 Å². The molecule has 4 nitrogen and oxygen atoms in total. The quantitative estimate of drug-likeness (QED) is 0.359. The van der Waals surface area contributed by atoms with E-state index in [0.29, 0.717) is 37.2 Å². The molecule has 0 radical (unpaired) electrons. The lowest BCUT2D eigenvalue weighted by atomic mass is 9.64. The lowest BCUT2D eigenvalue weighted by Gasteiger charge is -2.39. The second kappa shape index (κ2) is 6.92. The van der Waals surface area contributed by atoms with Crippen LogP contribution in [0.1, 0.15) is 58.3 Å². The van der Waals surface area contributed by atoms with Crippen LogP contribution in [0.2, 0.25) is 0 Å². The van der Waals surface area contributed by atoms with Gasteiger partial charge in [-0.2, -0.15) is 0 Å². The average molecular weight is 291 g/mol. The van der Waals surface area contributed by atoms with Crippen LogP contribution >= 0.6 is 0 Å². The molecule has 0 aliphatic heterocycles. The highest BCUT2D eigenvalue weighted by atomic mass is 16.6. The third-order valence-corrected chi connectivity index (χ3v) is 4.55. The molecular formula is C17H25NO3. The summed E-state index contributed by atoms with van der Waals surface area (Å²) in [7, 11) is 0. The summed E-state index contributed by atoms with van der Waals surface area (Å²) >= 11 is 0. The van der Waals surface area contributed by atoms with E-state index in [2.05, 4.69) is 11.7 Å². The zero-order valence-electron chi connectivity index (χ0n) is 12.9. The minimum atomic E-state index is -0.0102. The Labute approximate surface area is 126 Å². The van der Waals surface area contributed by atoms with Gasteiger partial charge in [0.25, 0.3) is 0 Å². The Morgan fingerprint density at radius 1 is 1.38 bits per heavy atom. The van der Waals surface area contributed by atoms with Crippen LogP contribution in [0.4, 0.5) is 0 Å². The van der Waals surface area contributed by atoms with Gasteiger partial charge >= 0.3 is 0 Å². The number of rotatable bonds is 5. The molecule has 1 N–H and O–H groups in total. The number of carbonyl (C=O) groups excluding carboxylic acids is 1. The van der Waals surface area contributed by atoms with Gasteiger partial charge in [0.1, 0.15) is 12.4 Å². The van der Waals surface area contributed by atoms with Crippen LogP contribution in [-0.4, -0.2) is 23.2 Å². The predicted octanol–water partition coefficient (Wildman–Crippen LogP) is 4.08. The van der Waals surface area contributed by atoms with E-state index >= 15 is 0 Å². The van der Waals surface area contributed by atoms with Crippen molar-refractivity contribution in [3.05, 3.63) is 24.0 Å². The standard InChI is InChI=1S/C17H25NO3/c1-3-10-21-18-13(4-2)16-14(19)11-17(12-15(16)20)8-6-5-7-9-17/h3,19H,1,4-12H2,2H3. The zero-order valence-corrected chi connectivity index (χ0v) is 12.9. The third-order valence-electron chi connectivity index (χ3n) is 4.55. The van der Waals surface area contributed by atoms with Gasteiger partial charge in [0.15, 0.2) is 5.78 Å². The minimum Gasteiger partial charge on any atom is -0.511 e. The number of aliphatic hydroxyl groups is 1. The van der Waals surface area contributed by atoms with E-state index in [4.69, 9.17) is 4.84 Å². The van der Waals surface area contributed by atoms with Gasteiger partial charge in [-0.05, 0) is 24.7 Å². The number of Topliss-reactive ketones (excluding diaryl/α,β-unsaturated/α-hetero) is 1. The molecule has 0 bridgehead atoms. The van der Waals surface area contributed by atoms with Crippen molar-refractivity contribution in [2.75, 3.05) is 6.61 Å². The largest absolute Gasteiger partial charge is 0.511 e. The first-order chi connectivity index (χ1) is 10.1. The number of allylic oxidation sites excluding steroid dienone is 2. The number of hydrogen-bond donors (Lipinski definition) is 1. The first-order valence-corrected chi connectivity index (χ1v) is 7.87. The molecule has 0 atom stereocenters. The van der Waals surface area contributed by atoms with Crippen molar-refractivity contribution >= 4 is 11.5 Å². The highest BCUT2D eigenvalue weighted by molar-refractivity contribution is 6.23. The van der Waals surface area contributed by atoms with Gasteiger partial charge in [0.05, 0.1) is 11.3 Å². The molecule has 21 heavy (non-hydrogen) atoms. The van der Waals surface area contributed by atoms with Gasteiger partial charge in [-0.1, -0.05) is 44.0 Å². The van der Waals surface area contributed by atoms with Gasteiger partial charge in [-0.15, -0.1) is 0 Å². The van der Waals surface area contributed by atoms with Gasteiger partial charge in [0.2, 0.25) is 0 Å². The predicted molar refractivity (Wildman–Crippen MR) is 83.3 cm³/mol. The molecule has 2 rings (SSSR count). The monoisotopic (exact) mass is 291 g/mol. The Bertz CT molecular complexity index is 470. The minimum absolute atomic E-state index is 0.0102. The van der Waals surface area contributed by atoms with Gasteiger partial charge in [-0.3, -0.25) is 4.79 Å². The fourth-order valence-electron chi connectivity index (χ4n) is 3.53. The summed E-state index contributed by atoms with van der Waals surface area (Å²) in [6.45, 7) is 5.77. The van der Waals surface area contributed by atoms with Crippen molar-refractivity contribution < 1.29 is 14.7 Å². The second-order valence-electron chi connectivity index (χ2n) is 6.14. The summed E-state index contributed by atoms with van der Waals surface area (Å²) in [6, 6.07) is 0. The van der Waals surface area contributed by atoms with Crippen LogP contribution < -0.4 is 0 Å². The topological polar surface area (TPSA) is 58.9 Å². The summed E-state index contributed by atoms with van der Waals surface area (Å²) in [4.78, 5) is 17.6. The first kappa shape index (κ1) is 15.8. The van der Waals surface area contributed by atoms with E-state index in [-0.39, 0.29) is 17.0 Å². The zero-order chi connectivity index (χ0) is 15.3. The molecule has 1 spiro atoms. The molecule has 4 heteroatoms. The molecule has 0 aromatic heterocycles. The van der Waals surface area contributed by atoms with Gasteiger partial charge < -0.3 is 9.94 Å². The van der Waals surface area contributed by atoms with Crippen LogP contribution in [0.3, 0.4) is 0 Å². The Kier molecular flexibility index (Phi) is 5.21. The SMILES string of the molecule is C=CCON=C(CC)C1=C(O)CC2(CCCCC2)CC1=O. The summed E-state index contributed by atoms with van der Waals surface area (Å²) in [5.74, 6) is 0.222. The van der Waals surface area contributed by atoms with Crippen molar-refractivity contribution in [3.8, 4) is 0 Å². The Morgan fingerprint density at radius 2 is 2.10 bits per heavy atom. The molecule has 0 aromatic carbocycles. The summed E-state index contributed by atoms with van der Waals surface area (Å²) < 4.78 is 0. The first-order valence-electron chi connectivity index (χ1n) is 7.87. The van der Waals surface area contributed by atoms with E-state index in [1.807, 2.05) is 6.92 Å². The highest BCUT2D eigenvalue weighted by Gasteiger charge is 2.41. The third kappa shape index (κ3) is 3.55. The molecule has 2 aliphatic carbocycles. The highest BCUT2D eigenvalue weighted by Crippen LogP contribution is 2.47. The van der Waals surface area contributed by atoms with E-state index in [1.165, 1.54) is 6.42 Å². The number of hydrogen-bond acceptors (Lipinski definition) is 4. The maximum atomic E-state index is 12.5. The van der Waals surface area contributed by atoms with Gasteiger partial charge in [0, 0.05) is 12.8 Å². The van der Waals surface area contributed by atoms with Gasteiger partial charge in [-0.25, -0.2) is 0 Å². The lowest BCUT2D eigenvalue weighted by Crippen LogP contribution is -2.34. The molecule has 116 valence electrons. The maximum absolute atomic E-state index is 12.5. The molecule has 0 saturated heterocycles. The van der Waals surface area contributed by atoms with Crippen LogP contribution in [0, 0.1) is 5.41 Å². The van der Waals surface area contributed by atoms with Crippen LogP contribution in [0.25, 0.3) is 0 Å². The number of carbonyl (C=O) groups is 1. The maximum Gasteiger partial charge on any atom is 0.168 e. The summed E-state index contributed by atoms with van der Waals surface area (Å²) in [5.41, 5.74) is 0.923. The molecule has 1 saturated carbocycles. The van der Waals surface area contributed by atoms with E-state index < -0.39 is 0 Å². The van der Waals surface area contributed by atoms with Crippen LogP contribution in [0.15, 0.2) is 29.1 Å². The number of aliphatic hydroxyl groups excluding tert-OH is 1. The Morgan fingerprint density at radius 3 is 2.67 bits per heavy atom. The van der Waals surface area contributed by atoms with Crippen molar-refractivity contribution in [2.45, 2.75) is 58.3 Å². The fourth-order valence-corrected chi connectivity index (χ4v) is 3.53. The van der Waals surface area contributed by atoms with Crippen molar-refractivity contribution in [1.82, 2.24) is 0 Å². The second-order valence-corrected chi connectivity index (χ2v) is 6.14. The van der Waals surface area contributed by atoms with Crippen molar-refractivity contribution in [3.63, 3.8) is 0 Å².